The van der Waals surface area contributed by atoms with Crippen LogP contribution in [0.25, 0.3) is 0 Å². The number of phenolic OH excluding ortho intramolecular Hbond substituents is 2. The Morgan fingerprint density at radius 3 is 2.42 bits per heavy atom. The van der Waals surface area contributed by atoms with E-state index >= 15 is 0 Å². The van der Waals surface area contributed by atoms with E-state index < -0.39 is 5.97 Å². The lowest BCUT2D eigenvalue weighted by molar-refractivity contribution is -0.137. The number of hydrogen-bond acceptors (Lipinski definition) is 4. The molecule has 0 aromatic heterocycles. The van der Waals surface area contributed by atoms with Crippen LogP contribution in [-0.2, 0) is 4.79 Å². The molecule has 0 radical (unpaired) electrons. The summed E-state index contributed by atoms with van der Waals surface area (Å²) in [7, 11) is 0. The Bertz CT molecular complexity index is 450. The first-order valence-corrected chi connectivity index (χ1v) is 6.49. The Kier molecular flexibility index (Phi) is 3.95. The number of rotatable bonds is 6. The van der Waals surface area contributed by atoms with Crippen LogP contribution in [0.2, 0.25) is 0 Å². The topological polar surface area (TPSA) is 81.0 Å². The van der Waals surface area contributed by atoms with Gasteiger partial charge in [-0.3, -0.25) is 9.69 Å². The average molecular weight is 265 g/mol. The van der Waals surface area contributed by atoms with Gasteiger partial charge in [0.05, 0.1) is 12.0 Å². The fraction of sp³-hybridized carbons (Fsp3) is 0.500. The van der Waals surface area contributed by atoms with Gasteiger partial charge >= 0.3 is 5.97 Å². The number of aliphatic carboxylic acids is 1. The van der Waals surface area contributed by atoms with E-state index in [-0.39, 0.29) is 24.0 Å². The van der Waals surface area contributed by atoms with Gasteiger partial charge in [0.15, 0.2) is 0 Å². The van der Waals surface area contributed by atoms with E-state index in [1.165, 1.54) is 12.1 Å². The van der Waals surface area contributed by atoms with Crippen LogP contribution < -0.4 is 0 Å². The van der Waals surface area contributed by atoms with E-state index in [0.29, 0.717) is 18.2 Å². The van der Waals surface area contributed by atoms with Gasteiger partial charge in [0.1, 0.15) is 11.5 Å². The minimum Gasteiger partial charge on any atom is -0.507 e. The van der Waals surface area contributed by atoms with Crippen molar-refractivity contribution in [3.05, 3.63) is 23.8 Å². The number of carboxylic acid groups (broad SMARTS) is 1. The quantitative estimate of drug-likeness (QED) is 0.734. The molecule has 104 valence electrons. The number of nitrogens with zero attached hydrogens (tertiary/aromatic N) is 1. The molecule has 1 unspecified atom stereocenters. The van der Waals surface area contributed by atoms with E-state index in [2.05, 4.69) is 0 Å². The molecule has 0 spiro atoms. The second kappa shape index (κ2) is 5.48. The number of carboxylic acids is 1. The highest BCUT2D eigenvalue weighted by Crippen LogP contribution is 2.40. The van der Waals surface area contributed by atoms with Crippen LogP contribution in [0.4, 0.5) is 0 Å². The van der Waals surface area contributed by atoms with E-state index in [9.17, 15) is 15.0 Å². The summed E-state index contributed by atoms with van der Waals surface area (Å²) in [6, 6.07) is 4.81. The average Bonchev–Trinajstić information content (AvgIpc) is 3.13. The van der Waals surface area contributed by atoms with Crippen LogP contribution in [-0.4, -0.2) is 38.8 Å². The summed E-state index contributed by atoms with van der Waals surface area (Å²) < 4.78 is 0. The van der Waals surface area contributed by atoms with Crippen molar-refractivity contribution in [1.82, 2.24) is 4.90 Å². The number of carbonyl (C=O) groups is 1. The molecular weight excluding hydrogens is 246 g/mol. The van der Waals surface area contributed by atoms with Gasteiger partial charge in [0.25, 0.3) is 0 Å². The molecule has 2 rings (SSSR count). The molecule has 5 heteroatoms. The molecule has 0 aliphatic heterocycles. The molecule has 1 atom stereocenters. The maximum atomic E-state index is 10.7. The Balaban J connectivity index is 2.19. The number of hydrogen-bond donors (Lipinski definition) is 3. The van der Waals surface area contributed by atoms with E-state index in [1.54, 1.807) is 6.07 Å². The molecule has 1 aromatic carbocycles. The van der Waals surface area contributed by atoms with Gasteiger partial charge in [-0.05, 0) is 31.9 Å². The highest BCUT2D eigenvalue weighted by molar-refractivity contribution is 5.66. The second-order valence-electron chi connectivity index (χ2n) is 5.00. The zero-order valence-electron chi connectivity index (χ0n) is 10.9. The molecule has 3 N–H and O–H groups in total. The van der Waals surface area contributed by atoms with Crippen molar-refractivity contribution in [3.8, 4) is 11.5 Å². The molecule has 1 aliphatic carbocycles. The highest BCUT2D eigenvalue weighted by Gasteiger charge is 2.34. The Labute approximate surface area is 112 Å². The number of aromatic hydroxyl groups is 2. The minimum atomic E-state index is -0.834. The van der Waals surface area contributed by atoms with Crippen molar-refractivity contribution in [3.63, 3.8) is 0 Å². The third-order valence-corrected chi connectivity index (χ3v) is 3.58. The summed E-state index contributed by atoms with van der Waals surface area (Å²) in [4.78, 5) is 12.8. The normalized spacial score (nSPS) is 16.5. The fourth-order valence-corrected chi connectivity index (χ4v) is 2.46. The van der Waals surface area contributed by atoms with Crippen molar-refractivity contribution < 1.29 is 20.1 Å². The first kappa shape index (κ1) is 13.7. The number of benzene rings is 1. The summed E-state index contributed by atoms with van der Waals surface area (Å²) in [6.07, 6.45) is 2.14. The van der Waals surface area contributed by atoms with Gasteiger partial charge in [0, 0.05) is 18.6 Å². The molecule has 1 fully saturated rings. The lowest BCUT2D eigenvalue weighted by Crippen LogP contribution is -2.31. The lowest BCUT2D eigenvalue weighted by Gasteiger charge is -2.29. The van der Waals surface area contributed by atoms with Crippen molar-refractivity contribution in [2.75, 3.05) is 6.54 Å². The smallest absolute Gasteiger partial charge is 0.304 e. The SMILES string of the molecule is CC(c1c(O)cccc1O)N(CCC(=O)O)C1CC1. The second-order valence-corrected chi connectivity index (χ2v) is 5.00. The first-order chi connectivity index (χ1) is 9.00. The van der Waals surface area contributed by atoms with E-state index in [0.717, 1.165) is 12.8 Å². The van der Waals surface area contributed by atoms with Crippen LogP contribution in [0, 0.1) is 0 Å². The van der Waals surface area contributed by atoms with Gasteiger partial charge < -0.3 is 15.3 Å². The standard InChI is InChI=1S/C14H19NO4/c1-9(14-11(16)3-2-4-12(14)17)15(10-5-6-10)8-7-13(18)19/h2-4,9-10,16-17H,5-8H2,1H3,(H,18,19). The maximum Gasteiger partial charge on any atom is 0.304 e. The molecule has 1 aliphatic rings. The van der Waals surface area contributed by atoms with E-state index in [4.69, 9.17) is 5.11 Å². The Morgan fingerprint density at radius 1 is 1.37 bits per heavy atom. The molecule has 0 amide bonds. The molecule has 1 aromatic rings. The van der Waals surface area contributed by atoms with Gasteiger partial charge in [-0.1, -0.05) is 6.07 Å². The lowest BCUT2D eigenvalue weighted by atomic mass is 10.0. The monoisotopic (exact) mass is 265 g/mol. The van der Waals surface area contributed by atoms with Gasteiger partial charge in [-0.15, -0.1) is 0 Å². The van der Waals surface area contributed by atoms with Crippen molar-refractivity contribution in [2.24, 2.45) is 0 Å². The van der Waals surface area contributed by atoms with Gasteiger partial charge in [-0.2, -0.15) is 0 Å². The zero-order chi connectivity index (χ0) is 14.0. The van der Waals surface area contributed by atoms with Crippen LogP contribution >= 0.6 is 0 Å². The summed E-state index contributed by atoms with van der Waals surface area (Å²) in [5.41, 5.74) is 0.472. The molecule has 0 heterocycles. The predicted molar refractivity (Wildman–Crippen MR) is 70.2 cm³/mol. The fourth-order valence-electron chi connectivity index (χ4n) is 2.46. The van der Waals surface area contributed by atoms with Gasteiger partial charge in [-0.25, -0.2) is 0 Å². The van der Waals surface area contributed by atoms with Crippen molar-refractivity contribution in [1.29, 1.82) is 0 Å². The summed E-state index contributed by atoms with van der Waals surface area (Å²) in [6.45, 7) is 2.31. The van der Waals surface area contributed by atoms with Crippen LogP contribution in [0.15, 0.2) is 18.2 Å². The number of phenols is 2. The van der Waals surface area contributed by atoms with Crippen molar-refractivity contribution >= 4 is 5.97 Å². The summed E-state index contributed by atoms with van der Waals surface area (Å²) >= 11 is 0. The highest BCUT2D eigenvalue weighted by atomic mass is 16.4. The molecular formula is C14H19NO4. The zero-order valence-corrected chi connectivity index (χ0v) is 10.9. The molecule has 1 saturated carbocycles. The summed E-state index contributed by atoms with van der Waals surface area (Å²) in [5, 5.41) is 28.6. The van der Waals surface area contributed by atoms with Crippen LogP contribution in [0.1, 0.15) is 37.8 Å². The van der Waals surface area contributed by atoms with Gasteiger partial charge in [0.2, 0.25) is 0 Å². The Morgan fingerprint density at radius 2 is 1.95 bits per heavy atom. The largest absolute Gasteiger partial charge is 0.507 e. The third-order valence-electron chi connectivity index (χ3n) is 3.58. The third kappa shape index (κ3) is 3.17. The predicted octanol–water partition coefficient (Wildman–Crippen LogP) is 2.10. The maximum absolute atomic E-state index is 10.7. The molecule has 19 heavy (non-hydrogen) atoms. The minimum absolute atomic E-state index is 0.0495. The van der Waals surface area contributed by atoms with E-state index in [1.807, 2.05) is 11.8 Å². The molecule has 5 nitrogen and oxygen atoms in total. The Hall–Kier alpha value is -1.75. The molecule has 0 saturated heterocycles. The van der Waals surface area contributed by atoms with Crippen molar-refractivity contribution in [2.45, 2.75) is 38.3 Å². The first-order valence-electron chi connectivity index (χ1n) is 6.49. The van der Waals surface area contributed by atoms with Crippen LogP contribution in [0.3, 0.4) is 0 Å². The summed E-state index contributed by atoms with van der Waals surface area (Å²) in [5.74, 6) is -0.735. The molecule has 0 bridgehead atoms. The van der Waals surface area contributed by atoms with Crippen LogP contribution in [0.5, 0.6) is 11.5 Å².